The quantitative estimate of drug-likeness (QED) is 0.792. The van der Waals surface area contributed by atoms with Crippen molar-refractivity contribution in [1.29, 1.82) is 5.41 Å². The number of amidine groups is 2. The zero-order valence-electron chi connectivity index (χ0n) is 16.1. The van der Waals surface area contributed by atoms with E-state index >= 15 is 0 Å². The monoisotopic (exact) mass is 392 g/mol. The number of hydrogen-bond donors (Lipinski definition) is 1. The van der Waals surface area contributed by atoms with E-state index in [4.69, 9.17) is 10.1 Å². The summed E-state index contributed by atoms with van der Waals surface area (Å²) in [5, 5.41) is 9.02. The number of aromatic nitrogens is 1. The molecular formula is C21H20N4O2S. The van der Waals surface area contributed by atoms with Gasteiger partial charge in [-0.15, -0.1) is 0 Å². The van der Waals surface area contributed by atoms with Crippen LogP contribution in [-0.4, -0.2) is 33.5 Å². The van der Waals surface area contributed by atoms with Gasteiger partial charge in [0.2, 0.25) is 0 Å². The summed E-state index contributed by atoms with van der Waals surface area (Å²) in [5.74, 6) is 0.546. The lowest BCUT2D eigenvalue weighted by Gasteiger charge is -2.22. The molecule has 1 N–H and O–H groups in total. The van der Waals surface area contributed by atoms with Gasteiger partial charge in [0, 0.05) is 22.5 Å². The van der Waals surface area contributed by atoms with Gasteiger partial charge in [0.25, 0.3) is 5.91 Å². The molecular weight excluding hydrogens is 372 g/mol. The number of hydrogen-bond acceptors (Lipinski definition) is 4. The molecule has 3 heterocycles. The molecule has 0 bridgehead atoms. The molecule has 6 nitrogen and oxygen atoms in total. The fourth-order valence-electron chi connectivity index (χ4n) is 3.48. The average Bonchev–Trinajstić information content (AvgIpc) is 3.17. The summed E-state index contributed by atoms with van der Waals surface area (Å²) in [5.41, 5.74) is 4.08. The predicted octanol–water partition coefficient (Wildman–Crippen LogP) is 4.27. The van der Waals surface area contributed by atoms with Crippen molar-refractivity contribution in [2.75, 3.05) is 7.11 Å². The number of methoxy groups -OCH3 is 1. The van der Waals surface area contributed by atoms with Gasteiger partial charge in [0.1, 0.15) is 11.6 Å². The molecule has 0 saturated carbocycles. The van der Waals surface area contributed by atoms with Crippen molar-refractivity contribution >= 4 is 34.7 Å². The Bertz CT molecular complexity index is 1110. The number of allylic oxidation sites excluding steroid dienone is 1. The summed E-state index contributed by atoms with van der Waals surface area (Å²) < 4.78 is 7.59. The molecule has 2 aliphatic rings. The number of ether oxygens (including phenoxy) is 1. The highest BCUT2D eigenvalue weighted by atomic mass is 32.2. The molecule has 1 amide bonds. The first-order valence-corrected chi connectivity index (χ1v) is 9.64. The van der Waals surface area contributed by atoms with Gasteiger partial charge in [-0.25, -0.2) is 0 Å². The van der Waals surface area contributed by atoms with E-state index in [9.17, 15) is 4.79 Å². The van der Waals surface area contributed by atoms with Crippen molar-refractivity contribution in [3.63, 3.8) is 0 Å². The highest BCUT2D eigenvalue weighted by Crippen LogP contribution is 2.34. The molecule has 0 aliphatic carbocycles. The molecule has 2 aliphatic heterocycles. The molecule has 0 fully saturated rings. The minimum atomic E-state index is -0.381. The van der Waals surface area contributed by atoms with Crippen molar-refractivity contribution < 1.29 is 9.53 Å². The summed E-state index contributed by atoms with van der Waals surface area (Å²) in [7, 11) is 1.65. The van der Waals surface area contributed by atoms with E-state index in [0.29, 0.717) is 5.17 Å². The normalized spacial score (nSPS) is 17.7. The molecule has 4 rings (SSSR count). The van der Waals surface area contributed by atoms with Gasteiger partial charge in [-0.3, -0.25) is 15.1 Å². The highest BCUT2D eigenvalue weighted by Gasteiger charge is 2.33. The Morgan fingerprint density at radius 2 is 1.96 bits per heavy atom. The van der Waals surface area contributed by atoms with Crippen molar-refractivity contribution in [2.45, 2.75) is 20.8 Å². The summed E-state index contributed by atoms with van der Waals surface area (Å²) in [6.07, 6.45) is 3.59. The highest BCUT2D eigenvalue weighted by molar-refractivity contribution is 8.17. The van der Waals surface area contributed by atoms with Crippen LogP contribution >= 0.6 is 11.8 Å². The second-order valence-electron chi connectivity index (χ2n) is 6.65. The van der Waals surface area contributed by atoms with Crippen LogP contribution in [0.3, 0.4) is 0 Å². The van der Waals surface area contributed by atoms with Crippen molar-refractivity contribution in [2.24, 2.45) is 4.99 Å². The largest absolute Gasteiger partial charge is 0.495 e. The van der Waals surface area contributed by atoms with Gasteiger partial charge < -0.3 is 9.30 Å². The van der Waals surface area contributed by atoms with E-state index < -0.39 is 0 Å². The molecule has 28 heavy (non-hydrogen) atoms. The van der Waals surface area contributed by atoms with Crippen LogP contribution in [0.25, 0.3) is 11.8 Å². The van der Waals surface area contributed by atoms with Crippen LogP contribution in [0.1, 0.15) is 23.9 Å². The molecule has 0 atom stereocenters. The SMILES string of the molecule is COc1ccccc1-n1c(C)cc(/C=C2/C(=N)N3C=C(C)SC3=NC2=O)c1C. The van der Waals surface area contributed by atoms with E-state index in [1.165, 1.54) is 11.8 Å². The van der Waals surface area contributed by atoms with Crippen molar-refractivity contribution in [3.8, 4) is 11.4 Å². The third-order valence-corrected chi connectivity index (χ3v) is 5.69. The Hall–Kier alpha value is -3.06. The van der Waals surface area contributed by atoms with Gasteiger partial charge in [-0.1, -0.05) is 23.9 Å². The number of rotatable bonds is 3. The fourth-order valence-corrected chi connectivity index (χ4v) is 4.29. The minimum Gasteiger partial charge on any atom is -0.495 e. The van der Waals surface area contributed by atoms with Gasteiger partial charge in [-0.05, 0) is 50.6 Å². The number of aryl methyl sites for hydroxylation is 1. The molecule has 2 aromatic rings. The number of amides is 1. The number of para-hydroxylation sites is 2. The molecule has 0 spiro atoms. The van der Waals surface area contributed by atoms with Crippen LogP contribution in [0.5, 0.6) is 5.75 Å². The fraction of sp³-hybridized carbons (Fsp3) is 0.190. The number of fused-ring (bicyclic) bond motifs is 1. The smallest absolute Gasteiger partial charge is 0.283 e. The number of thioether (sulfide) groups is 1. The lowest BCUT2D eigenvalue weighted by molar-refractivity contribution is -0.114. The number of nitrogens with one attached hydrogen (secondary N) is 1. The van der Waals surface area contributed by atoms with Crippen LogP contribution in [-0.2, 0) is 4.79 Å². The number of benzene rings is 1. The van der Waals surface area contributed by atoms with Crippen LogP contribution in [0.4, 0.5) is 0 Å². The Balaban J connectivity index is 1.80. The molecule has 0 radical (unpaired) electrons. The average molecular weight is 392 g/mol. The number of nitrogens with zero attached hydrogens (tertiary/aromatic N) is 3. The molecule has 1 aromatic carbocycles. The Labute approximate surface area is 167 Å². The van der Waals surface area contributed by atoms with Crippen LogP contribution in [0.15, 0.2) is 52.0 Å². The predicted molar refractivity (Wildman–Crippen MR) is 113 cm³/mol. The van der Waals surface area contributed by atoms with E-state index in [0.717, 1.165) is 33.3 Å². The van der Waals surface area contributed by atoms with Crippen LogP contribution in [0, 0.1) is 19.3 Å². The van der Waals surface area contributed by atoms with Crippen molar-refractivity contribution in [3.05, 3.63) is 64.0 Å². The summed E-state index contributed by atoms with van der Waals surface area (Å²) in [6, 6.07) is 9.82. The van der Waals surface area contributed by atoms with Gasteiger partial charge >= 0.3 is 0 Å². The van der Waals surface area contributed by atoms with Gasteiger partial charge in [-0.2, -0.15) is 4.99 Å². The molecule has 0 saturated heterocycles. The lowest BCUT2D eigenvalue weighted by Crippen LogP contribution is -2.35. The lowest BCUT2D eigenvalue weighted by atomic mass is 10.1. The first-order chi connectivity index (χ1) is 13.4. The first-order valence-electron chi connectivity index (χ1n) is 8.82. The summed E-state index contributed by atoms with van der Waals surface area (Å²) in [4.78, 5) is 19.4. The second-order valence-corrected chi connectivity index (χ2v) is 7.86. The van der Waals surface area contributed by atoms with E-state index in [2.05, 4.69) is 9.56 Å². The Morgan fingerprint density at radius 1 is 1.21 bits per heavy atom. The third-order valence-electron chi connectivity index (χ3n) is 4.79. The van der Waals surface area contributed by atoms with E-state index in [1.807, 2.05) is 57.3 Å². The molecule has 7 heteroatoms. The minimum absolute atomic E-state index is 0.154. The molecule has 142 valence electrons. The maximum Gasteiger partial charge on any atom is 0.283 e. The second kappa shape index (κ2) is 6.83. The first kappa shape index (κ1) is 18.3. The zero-order valence-corrected chi connectivity index (χ0v) is 16.9. The van der Waals surface area contributed by atoms with Crippen LogP contribution in [0.2, 0.25) is 0 Å². The van der Waals surface area contributed by atoms with E-state index in [1.54, 1.807) is 18.1 Å². The zero-order chi connectivity index (χ0) is 20.0. The maximum atomic E-state index is 12.5. The molecule has 1 aromatic heterocycles. The summed E-state index contributed by atoms with van der Waals surface area (Å²) >= 11 is 1.41. The van der Waals surface area contributed by atoms with Gasteiger partial charge in [0.15, 0.2) is 5.17 Å². The Kier molecular flexibility index (Phi) is 4.47. The topological polar surface area (TPSA) is 70.7 Å². The summed E-state index contributed by atoms with van der Waals surface area (Å²) in [6.45, 7) is 5.94. The number of carbonyl (C=O) groups is 1. The van der Waals surface area contributed by atoms with Crippen LogP contribution < -0.4 is 4.74 Å². The molecule has 0 unspecified atom stereocenters. The third kappa shape index (κ3) is 2.88. The number of carbonyl (C=O) groups excluding carboxylic acids is 1. The standard InChI is InChI=1S/C21H20N4O2S/c1-12-9-15(14(3)25(12)17-7-5-6-8-18(17)27-4)10-16-19(22)24-11-13(2)28-21(24)23-20(16)26/h5-11,22H,1-4H3/b16-10-,22-19?. The van der Waals surface area contributed by atoms with Crippen molar-refractivity contribution in [1.82, 2.24) is 9.47 Å². The Morgan fingerprint density at radius 3 is 2.71 bits per heavy atom. The number of aliphatic imine (C=N–C) groups is 1. The van der Waals surface area contributed by atoms with E-state index in [-0.39, 0.29) is 17.3 Å². The maximum absolute atomic E-state index is 12.5. The van der Waals surface area contributed by atoms with Gasteiger partial charge in [0.05, 0.1) is 18.4 Å².